The molecule has 4 N–H and O–H groups in total. The molecule has 0 saturated carbocycles. The fourth-order valence-electron chi connectivity index (χ4n) is 2.51. The quantitative estimate of drug-likeness (QED) is 0.752. The van der Waals surface area contributed by atoms with Crippen LogP contribution in [0.4, 0.5) is 0 Å². The number of carbonyl (C=O) groups is 1. The molecule has 1 aliphatic heterocycles. The lowest BCUT2D eigenvalue weighted by Crippen LogP contribution is -2.44. The minimum atomic E-state index is -1.15. The van der Waals surface area contributed by atoms with Gasteiger partial charge in [0.2, 0.25) is 0 Å². The molecule has 102 valence electrons. The molecule has 0 fully saturated rings. The van der Waals surface area contributed by atoms with E-state index in [1.165, 1.54) is 5.56 Å². The number of nitrogens with two attached hydrogens (primary N) is 1. The standard InChI is InChI=1S/C14H18N2O3/c15-12-14(13(18)19,9-11(17)16-12)8-4-7-10-5-2-1-3-6-10/h1-3,5-6,12H,4,7-9,15H2,(H,16,17)(H,18,19). The number of carboxylic acid groups (broad SMARTS) is 1. The molecule has 1 aromatic rings. The average Bonchev–Trinajstić information content (AvgIpc) is 2.66. The average molecular weight is 262 g/mol. The van der Waals surface area contributed by atoms with Crippen LogP contribution in [0.1, 0.15) is 24.8 Å². The van der Waals surface area contributed by atoms with Crippen molar-refractivity contribution in [3.8, 4) is 0 Å². The molecule has 0 saturated heterocycles. The molecule has 2 rings (SSSR count). The van der Waals surface area contributed by atoms with Crippen molar-refractivity contribution in [1.29, 1.82) is 0 Å². The normalized spacial score (nSPS) is 26.2. The van der Waals surface area contributed by atoms with Crippen LogP contribution < -0.4 is 5.73 Å². The molecule has 2 unspecified atom stereocenters. The molecule has 5 heteroatoms. The van der Waals surface area contributed by atoms with Crippen LogP contribution in [-0.2, 0) is 11.2 Å². The number of benzene rings is 1. The Hall–Kier alpha value is -1.88. The number of nitrogens with zero attached hydrogens (tertiary/aromatic N) is 1. The Labute approximate surface area is 111 Å². The third-order valence-corrected chi connectivity index (χ3v) is 3.68. The van der Waals surface area contributed by atoms with Crippen molar-refractivity contribution in [2.24, 2.45) is 16.1 Å². The number of aliphatic hydroxyl groups excluding tert-OH is 1. The molecule has 5 nitrogen and oxygen atoms in total. The number of aliphatic carboxylic acids is 1. The summed E-state index contributed by atoms with van der Waals surface area (Å²) in [7, 11) is 0. The van der Waals surface area contributed by atoms with Gasteiger partial charge in [-0.05, 0) is 24.8 Å². The number of hydrogen-bond acceptors (Lipinski definition) is 3. The Balaban J connectivity index is 1.98. The predicted molar refractivity (Wildman–Crippen MR) is 72.1 cm³/mol. The van der Waals surface area contributed by atoms with Crippen LogP contribution in [0.5, 0.6) is 0 Å². The molecule has 0 radical (unpaired) electrons. The van der Waals surface area contributed by atoms with Crippen LogP contribution in [0.15, 0.2) is 35.3 Å². The molecule has 0 aliphatic carbocycles. The first kappa shape index (κ1) is 13.5. The molecule has 2 atom stereocenters. The van der Waals surface area contributed by atoms with Crippen LogP contribution in [0.25, 0.3) is 0 Å². The molecule has 0 bridgehead atoms. The number of carboxylic acids is 1. The van der Waals surface area contributed by atoms with Gasteiger partial charge in [-0.1, -0.05) is 30.3 Å². The number of aliphatic hydroxyl groups is 1. The van der Waals surface area contributed by atoms with Crippen LogP contribution in [0.3, 0.4) is 0 Å². The van der Waals surface area contributed by atoms with E-state index in [2.05, 4.69) is 4.99 Å². The maximum absolute atomic E-state index is 11.5. The molecule has 0 aromatic heterocycles. The van der Waals surface area contributed by atoms with E-state index >= 15 is 0 Å². The fourth-order valence-corrected chi connectivity index (χ4v) is 2.51. The van der Waals surface area contributed by atoms with Gasteiger partial charge >= 0.3 is 5.97 Å². The first-order valence-electron chi connectivity index (χ1n) is 6.33. The van der Waals surface area contributed by atoms with Gasteiger partial charge in [0.1, 0.15) is 11.6 Å². The minimum Gasteiger partial charge on any atom is -0.497 e. The number of aliphatic imine (C=N–C) groups is 1. The monoisotopic (exact) mass is 262 g/mol. The van der Waals surface area contributed by atoms with Gasteiger partial charge in [-0.2, -0.15) is 0 Å². The van der Waals surface area contributed by atoms with Crippen molar-refractivity contribution in [1.82, 2.24) is 0 Å². The summed E-state index contributed by atoms with van der Waals surface area (Å²) in [6, 6.07) is 9.88. The fraction of sp³-hybridized carbons (Fsp3) is 0.429. The Morgan fingerprint density at radius 1 is 1.42 bits per heavy atom. The SMILES string of the molecule is NC1N=C(O)CC1(CCCc1ccccc1)C(=O)O. The highest BCUT2D eigenvalue weighted by Gasteiger charge is 2.49. The van der Waals surface area contributed by atoms with Crippen molar-refractivity contribution in [3.05, 3.63) is 35.9 Å². The van der Waals surface area contributed by atoms with Crippen molar-refractivity contribution in [2.75, 3.05) is 0 Å². The second-order valence-electron chi connectivity index (χ2n) is 4.97. The summed E-state index contributed by atoms with van der Waals surface area (Å²) in [5.41, 5.74) is 5.77. The molecular formula is C14H18N2O3. The van der Waals surface area contributed by atoms with E-state index in [0.717, 1.165) is 6.42 Å². The van der Waals surface area contributed by atoms with Crippen molar-refractivity contribution < 1.29 is 15.0 Å². The molecule has 1 heterocycles. The maximum Gasteiger partial charge on any atom is 0.313 e. The summed E-state index contributed by atoms with van der Waals surface area (Å²) in [4.78, 5) is 15.2. The Morgan fingerprint density at radius 3 is 2.63 bits per heavy atom. The van der Waals surface area contributed by atoms with Crippen LogP contribution in [0.2, 0.25) is 0 Å². The zero-order valence-corrected chi connectivity index (χ0v) is 10.6. The minimum absolute atomic E-state index is 0.0261. The first-order chi connectivity index (χ1) is 9.04. The molecule has 0 amide bonds. The number of aryl methyl sites for hydroxylation is 1. The van der Waals surface area contributed by atoms with Gasteiger partial charge in [0, 0.05) is 6.42 Å². The van der Waals surface area contributed by atoms with Gasteiger partial charge < -0.3 is 15.9 Å². The predicted octanol–water partition coefficient (Wildman–Crippen LogP) is 1.73. The smallest absolute Gasteiger partial charge is 0.313 e. The van der Waals surface area contributed by atoms with Gasteiger partial charge in [-0.3, -0.25) is 4.79 Å². The third kappa shape index (κ3) is 2.76. The van der Waals surface area contributed by atoms with Gasteiger partial charge in [0.05, 0.1) is 0 Å². The van der Waals surface area contributed by atoms with E-state index in [0.29, 0.717) is 12.8 Å². The van der Waals surface area contributed by atoms with Gasteiger partial charge in [0.25, 0.3) is 0 Å². The Kier molecular flexibility index (Phi) is 3.85. The molecule has 1 aliphatic rings. The highest BCUT2D eigenvalue weighted by atomic mass is 16.4. The lowest BCUT2D eigenvalue weighted by atomic mass is 9.78. The largest absolute Gasteiger partial charge is 0.497 e. The van der Waals surface area contributed by atoms with Crippen molar-refractivity contribution in [2.45, 2.75) is 31.8 Å². The van der Waals surface area contributed by atoms with Crippen LogP contribution >= 0.6 is 0 Å². The maximum atomic E-state index is 11.5. The number of rotatable bonds is 5. The second-order valence-corrected chi connectivity index (χ2v) is 4.97. The number of hydrogen-bond donors (Lipinski definition) is 3. The van der Waals surface area contributed by atoms with E-state index in [1.807, 2.05) is 30.3 Å². The van der Waals surface area contributed by atoms with Crippen LogP contribution in [-0.4, -0.2) is 28.2 Å². The van der Waals surface area contributed by atoms with E-state index in [-0.39, 0.29) is 12.3 Å². The van der Waals surface area contributed by atoms with Gasteiger partial charge in [0.15, 0.2) is 5.90 Å². The van der Waals surface area contributed by atoms with E-state index in [9.17, 15) is 15.0 Å². The topological polar surface area (TPSA) is 95.9 Å². The summed E-state index contributed by atoms with van der Waals surface area (Å²) in [5.74, 6) is -1.14. The molecule has 0 spiro atoms. The Morgan fingerprint density at radius 2 is 2.11 bits per heavy atom. The summed E-state index contributed by atoms with van der Waals surface area (Å²) in [5, 5.41) is 18.8. The molecular weight excluding hydrogens is 244 g/mol. The Bertz CT molecular complexity index is 487. The second kappa shape index (κ2) is 5.40. The van der Waals surface area contributed by atoms with Gasteiger partial charge in [-0.25, -0.2) is 4.99 Å². The van der Waals surface area contributed by atoms with Crippen molar-refractivity contribution in [3.63, 3.8) is 0 Å². The summed E-state index contributed by atoms with van der Waals surface area (Å²) in [6.45, 7) is 0. The highest BCUT2D eigenvalue weighted by molar-refractivity contribution is 5.87. The zero-order chi connectivity index (χ0) is 13.9. The molecule has 1 aromatic carbocycles. The summed E-state index contributed by atoms with van der Waals surface area (Å²) in [6.07, 6.45) is 1.07. The lowest BCUT2D eigenvalue weighted by molar-refractivity contribution is -0.149. The summed E-state index contributed by atoms with van der Waals surface area (Å²) >= 11 is 0. The van der Waals surface area contributed by atoms with Crippen molar-refractivity contribution >= 4 is 11.9 Å². The third-order valence-electron chi connectivity index (χ3n) is 3.68. The van der Waals surface area contributed by atoms with E-state index in [1.54, 1.807) is 0 Å². The zero-order valence-electron chi connectivity index (χ0n) is 10.6. The van der Waals surface area contributed by atoms with Crippen LogP contribution in [0, 0.1) is 5.41 Å². The lowest BCUT2D eigenvalue weighted by Gasteiger charge is -2.26. The van der Waals surface area contributed by atoms with Gasteiger partial charge in [-0.15, -0.1) is 0 Å². The summed E-state index contributed by atoms with van der Waals surface area (Å²) < 4.78 is 0. The molecule has 19 heavy (non-hydrogen) atoms. The van der Waals surface area contributed by atoms with E-state index < -0.39 is 17.6 Å². The van der Waals surface area contributed by atoms with E-state index in [4.69, 9.17) is 5.73 Å². The first-order valence-corrected chi connectivity index (χ1v) is 6.33. The highest BCUT2D eigenvalue weighted by Crippen LogP contribution is 2.37.